The summed E-state index contributed by atoms with van der Waals surface area (Å²) in [6.07, 6.45) is -4.24. The summed E-state index contributed by atoms with van der Waals surface area (Å²) in [6, 6.07) is 61.3. The SMILES string of the molecule is CC(C)c1ccccc1.Cc1cc(C(C)C)cc(C(F)(F)F)c1.Cc1cc(C(C)C)cc(F)c1F.Cc1cc(C(C)C)ccc1F.Cc1cc(Cl)cc(C(C)C)c1.Cc1cc(F)cc(C(C)C)c1.Cc1cc(F)cc(C(C)C)c1.Cc1ccc(C(C)C)cc1.Cc1ccc(C(C)C)cc1.Cc1ccc(C(C)C)s1. The van der Waals surface area contributed by atoms with Gasteiger partial charge in [-0.15, -0.1) is 11.3 Å². The zero-order chi connectivity index (χ0) is 82.6. The van der Waals surface area contributed by atoms with Crippen molar-refractivity contribution in [2.45, 2.75) is 266 Å². The highest BCUT2D eigenvalue weighted by Gasteiger charge is 2.31. The number of aryl methyl sites for hydroxylation is 9. The zero-order valence-electron chi connectivity index (χ0n) is 70.6. The van der Waals surface area contributed by atoms with Crippen LogP contribution in [0.15, 0.2) is 194 Å². The van der Waals surface area contributed by atoms with Gasteiger partial charge < -0.3 is 0 Å². The Labute approximate surface area is 658 Å². The van der Waals surface area contributed by atoms with E-state index in [-0.39, 0.29) is 29.3 Å². The predicted octanol–water partition coefficient (Wildman–Crippen LogP) is 33.3. The molecule has 0 spiro atoms. The largest absolute Gasteiger partial charge is 0.416 e. The van der Waals surface area contributed by atoms with Gasteiger partial charge in [-0.1, -0.05) is 288 Å². The molecule has 10 heteroatoms. The van der Waals surface area contributed by atoms with E-state index in [2.05, 4.69) is 229 Å². The third-order valence-electron chi connectivity index (χ3n) is 17.3. The Morgan fingerprint density at radius 1 is 0.269 bits per heavy atom. The van der Waals surface area contributed by atoms with E-state index in [0.29, 0.717) is 58.5 Å². The number of alkyl halides is 3. The molecule has 10 aromatic rings. The number of hydrogen-bond donors (Lipinski definition) is 0. The van der Waals surface area contributed by atoms with Crippen LogP contribution >= 0.6 is 22.9 Å². The van der Waals surface area contributed by atoms with Crippen molar-refractivity contribution in [2.75, 3.05) is 0 Å². The Morgan fingerprint density at radius 3 is 0.907 bits per heavy atom. The van der Waals surface area contributed by atoms with Crippen LogP contribution in [0.4, 0.5) is 35.1 Å². The number of rotatable bonds is 10. The van der Waals surface area contributed by atoms with E-state index >= 15 is 0 Å². The van der Waals surface area contributed by atoms with Crippen molar-refractivity contribution < 1.29 is 35.1 Å². The average Bonchev–Trinajstić information content (AvgIpc) is 0.879. The maximum atomic E-state index is 12.8. The highest BCUT2D eigenvalue weighted by atomic mass is 35.5. The molecule has 1 aromatic heterocycles. The fraction of sp³-hybridized carbons (Fsp3) is 0.408. The van der Waals surface area contributed by atoms with Crippen molar-refractivity contribution in [1.82, 2.24) is 0 Å². The van der Waals surface area contributed by atoms with Gasteiger partial charge in [-0.25, -0.2) is 22.0 Å². The first-order valence-electron chi connectivity index (χ1n) is 38.1. The van der Waals surface area contributed by atoms with Gasteiger partial charge in [0.2, 0.25) is 0 Å². The second-order valence-corrected chi connectivity index (χ2v) is 32.9. The Kier molecular flexibility index (Phi) is 45.1. The van der Waals surface area contributed by atoms with Crippen molar-refractivity contribution in [1.29, 1.82) is 0 Å². The third kappa shape index (κ3) is 40.2. The zero-order valence-corrected chi connectivity index (χ0v) is 72.1. The van der Waals surface area contributed by atoms with Gasteiger partial charge in [0.1, 0.15) is 17.5 Å². The van der Waals surface area contributed by atoms with Crippen LogP contribution < -0.4 is 0 Å². The van der Waals surface area contributed by atoms with E-state index in [1.807, 2.05) is 95.3 Å². The summed E-state index contributed by atoms with van der Waals surface area (Å²) < 4.78 is 101. The molecule has 590 valence electrons. The molecule has 0 atom stereocenters. The molecule has 0 bridgehead atoms. The number of halogens is 9. The second kappa shape index (κ2) is 49.5. The monoisotopic (exact) mass is 1520 g/mol. The van der Waals surface area contributed by atoms with Crippen molar-refractivity contribution >= 4 is 22.9 Å². The molecule has 0 aliphatic heterocycles. The molecule has 0 nitrogen and oxygen atoms in total. The molecule has 0 fully saturated rings. The minimum absolute atomic E-state index is 0.116. The molecular weight excluding hydrogens is 1400 g/mol. The quantitative estimate of drug-likeness (QED) is 0.120. The van der Waals surface area contributed by atoms with E-state index in [4.69, 9.17) is 11.6 Å². The van der Waals surface area contributed by atoms with Crippen LogP contribution in [0.5, 0.6) is 0 Å². The van der Waals surface area contributed by atoms with Crippen LogP contribution in [0, 0.1) is 91.4 Å². The molecule has 0 amide bonds. The molecule has 0 saturated carbocycles. The van der Waals surface area contributed by atoms with Gasteiger partial charge >= 0.3 is 6.18 Å². The lowest BCUT2D eigenvalue weighted by atomic mass is 9.98. The Balaban J connectivity index is 0.000000601. The minimum Gasteiger partial charge on any atom is -0.207 e. The molecule has 1 heterocycles. The topological polar surface area (TPSA) is 0 Å². The highest BCUT2D eigenvalue weighted by molar-refractivity contribution is 7.12. The lowest BCUT2D eigenvalue weighted by Crippen LogP contribution is -2.06. The van der Waals surface area contributed by atoms with E-state index in [9.17, 15) is 35.1 Å². The molecule has 0 saturated heterocycles. The molecule has 0 N–H and O–H groups in total. The highest BCUT2D eigenvalue weighted by Crippen LogP contribution is 2.33. The van der Waals surface area contributed by atoms with Crippen LogP contribution in [0.2, 0.25) is 5.02 Å². The van der Waals surface area contributed by atoms with Gasteiger partial charge in [-0.3, -0.25) is 0 Å². The van der Waals surface area contributed by atoms with E-state index in [1.54, 1.807) is 57.2 Å². The fourth-order valence-corrected chi connectivity index (χ4v) is 11.4. The number of thiophene rings is 1. The minimum atomic E-state index is -4.24. The van der Waals surface area contributed by atoms with Gasteiger partial charge in [-0.05, 0) is 272 Å². The summed E-state index contributed by atoms with van der Waals surface area (Å²) in [4.78, 5) is 2.91. The first-order chi connectivity index (χ1) is 50.1. The van der Waals surface area contributed by atoms with Crippen LogP contribution in [-0.4, -0.2) is 0 Å². The van der Waals surface area contributed by atoms with Gasteiger partial charge in [0, 0.05) is 14.8 Å². The summed E-state index contributed by atoms with van der Waals surface area (Å²) >= 11 is 7.79. The van der Waals surface area contributed by atoms with Gasteiger partial charge in [-0.2, -0.15) is 13.2 Å². The molecule has 108 heavy (non-hydrogen) atoms. The lowest BCUT2D eigenvalue weighted by molar-refractivity contribution is -0.137. The third-order valence-corrected chi connectivity index (χ3v) is 18.8. The maximum Gasteiger partial charge on any atom is 0.416 e. The van der Waals surface area contributed by atoms with Crippen molar-refractivity contribution in [3.8, 4) is 0 Å². The lowest BCUT2D eigenvalue weighted by Gasteiger charge is -2.12. The molecular formula is C98H129ClF8S. The Bertz CT molecular complexity index is 3880. The summed E-state index contributed by atoms with van der Waals surface area (Å²) in [5.74, 6) is 3.01. The van der Waals surface area contributed by atoms with Crippen molar-refractivity contribution in [2.24, 2.45) is 0 Å². The summed E-state index contributed by atoms with van der Waals surface area (Å²) in [7, 11) is 0. The van der Waals surface area contributed by atoms with E-state index in [1.165, 1.54) is 78.5 Å². The average molecular weight is 1530 g/mol. The van der Waals surface area contributed by atoms with Crippen LogP contribution in [0.3, 0.4) is 0 Å². The summed E-state index contributed by atoms with van der Waals surface area (Å²) in [5.41, 5.74) is 17.6. The number of hydrogen-bond acceptors (Lipinski definition) is 1. The number of benzene rings is 9. The van der Waals surface area contributed by atoms with E-state index < -0.39 is 23.4 Å². The van der Waals surface area contributed by atoms with Crippen LogP contribution in [0.1, 0.15) is 308 Å². The molecule has 0 aliphatic rings. The predicted molar refractivity (Wildman–Crippen MR) is 456 cm³/mol. The maximum absolute atomic E-state index is 12.8. The second-order valence-electron chi connectivity index (χ2n) is 31.2. The standard InChI is InChI=1S/C11H13F3.C10H13Cl.C10H12F2.3C10H13F.2C10H14.C9H12.C8H12S/c1-7(2)9-4-8(3)5-10(6-9)11(12,13)14;1-7(2)9-4-8(3)5-10(11)6-9;1-6(2)8-4-7(3)10(12)9(11)5-8;2*1-7(2)9-4-8(3)5-10(11)6-9;1-7(2)9-4-5-10(11)8(3)6-9;2*1-8(2)10-6-4-9(3)5-7-10;1-8(2)9-6-4-3-5-7-9;1-6(2)8-5-4-7(3)9-8/h4-7H,1-3H3;4-7H,1-3H3;4-6H,1-3H3;3*4-7H,1-3H3;2*4-8H,1-3H3;3-8H,1-2H3;4-6H,1-3H3. The van der Waals surface area contributed by atoms with Gasteiger partial charge in [0.15, 0.2) is 11.6 Å². The van der Waals surface area contributed by atoms with Gasteiger partial charge in [0.25, 0.3) is 0 Å². The first kappa shape index (κ1) is 98.4. The normalized spacial score (nSPS) is 10.8. The van der Waals surface area contributed by atoms with Crippen molar-refractivity contribution in [3.05, 3.63) is 338 Å². The fourth-order valence-electron chi connectivity index (χ4n) is 10.2. The summed E-state index contributed by atoms with van der Waals surface area (Å²) in [6.45, 7) is 59.5. The first-order valence-corrected chi connectivity index (χ1v) is 39.3. The van der Waals surface area contributed by atoms with Crippen molar-refractivity contribution in [3.63, 3.8) is 0 Å². The molecule has 0 radical (unpaired) electrons. The molecule has 10 rings (SSSR count). The molecule has 9 aromatic carbocycles. The van der Waals surface area contributed by atoms with E-state index in [0.717, 1.165) is 44.0 Å². The molecule has 0 unspecified atom stereocenters. The van der Waals surface area contributed by atoms with Crippen LogP contribution in [-0.2, 0) is 6.18 Å². The Morgan fingerprint density at radius 2 is 0.602 bits per heavy atom. The van der Waals surface area contributed by atoms with Gasteiger partial charge in [0.05, 0.1) is 5.56 Å². The van der Waals surface area contributed by atoms with Crippen LogP contribution in [0.25, 0.3) is 0 Å². The smallest absolute Gasteiger partial charge is 0.207 e. The summed E-state index contributed by atoms with van der Waals surface area (Å²) in [5, 5.41) is 0.841. The molecule has 0 aliphatic carbocycles. The Hall–Kier alpha value is -7.59.